The summed E-state index contributed by atoms with van der Waals surface area (Å²) in [5, 5.41) is 28.2. The van der Waals surface area contributed by atoms with Crippen molar-refractivity contribution in [1.82, 2.24) is 5.32 Å². The van der Waals surface area contributed by atoms with Crippen molar-refractivity contribution in [1.29, 1.82) is 0 Å². The van der Waals surface area contributed by atoms with Gasteiger partial charge in [0.2, 0.25) is 5.91 Å². The number of nitrogens with two attached hydrogens (primary N) is 2. The third-order valence-corrected chi connectivity index (χ3v) is 5.07. The van der Waals surface area contributed by atoms with Crippen molar-refractivity contribution in [3.63, 3.8) is 0 Å². The van der Waals surface area contributed by atoms with Gasteiger partial charge in [-0.1, -0.05) is 64.7 Å². The van der Waals surface area contributed by atoms with E-state index < -0.39 is 30.0 Å². The molecule has 0 aliphatic rings. The van der Waals surface area contributed by atoms with Gasteiger partial charge in [-0.2, -0.15) is 0 Å². The zero-order valence-corrected chi connectivity index (χ0v) is 20.1. The molecule has 2 atom stereocenters. The van der Waals surface area contributed by atoms with Crippen LogP contribution in [0.2, 0.25) is 0 Å². The van der Waals surface area contributed by atoms with Gasteiger partial charge >= 0.3 is 17.9 Å². The number of aliphatic carboxylic acids is 3. The van der Waals surface area contributed by atoms with Gasteiger partial charge in [0.25, 0.3) is 0 Å². The Hall–Kier alpha value is -2.20. The normalized spacial score (nSPS) is 12.2. The summed E-state index contributed by atoms with van der Waals surface area (Å²) in [7, 11) is 0. The lowest BCUT2D eigenvalue weighted by atomic mass is 10.1. The quantitative estimate of drug-likeness (QED) is 0.144. The number of carbonyl (C=O) groups is 4. The number of hydrogen-bond acceptors (Lipinski definition) is 6. The van der Waals surface area contributed by atoms with Crippen LogP contribution in [0.3, 0.4) is 0 Å². The van der Waals surface area contributed by atoms with E-state index in [-0.39, 0.29) is 18.7 Å². The second kappa shape index (κ2) is 23.0. The molecular formula is C23H45N3O7. The van der Waals surface area contributed by atoms with Gasteiger partial charge < -0.3 is 32.1 Å². The van der Waals surface area contributed by atoms with Crippen LogP contribution in [-0.4, -0.2) is 57.8 Å². The molecule has 0 rings (SSSR count). The summed E-state index contributed by atoms with van der Waals surface area (Å²) >= 11 is 0. The molecule has 0 unspecified atom stereocenters. The summed E-state index contributed by atoms with van der Waals surface area (Å²) in [5.74, 6) is -3.50. The fraction of sp³-hybridized carbons (Fsp3) is 0.826. The maximum Gasteiger partial charge on any atom is 0.326 e. The van der Waals surface area contributed by atoms with Gasteiger partial charge in [-0.15, -0.1) is 0 Å². The molecule has 0 saturated heterocycles. The predicted octanol–water partition coefficient (Wildman–Crippen LogP) is 2.87. The largest absolute Gasteiger partial charge is 0.481 e. The van der Waals surface area contributed by atoms with Gasteiger partial charge in [-0.05, 0) is 32.2 Å². The van der Waals surface area contributed by atoms with Crippen molar-refractivity contribution in [3.05, 3.63) is 0 Å². The Labute approximate surface area is 197 Å². The molecule has 0 saturated carbocycles. The van der Waals surface area contributed by atoms with Crippen LogP contribution in [0.15, 0.2) is 0 Å². The number of hydrogen-bond donors (Lipinski definition) is 6. The van der Waals surface area contributed by atoms with Crippen LogP contribution in [0.5, 0.6) is 0 Å². The van der Waals surface area contributed by atoms with Gasteiger partial charge in [-0.3, -0.25) is 14.4 Å². The van der Waals surface area contributed by atoms with E-state index in [1.165, 1.54) is 38.5 Å². The molecule has 0 aromatic heterocycles. The Morgan fingerprint density at radius 1 is 0.727 bits per heavy atom. The molecule has 0 fully saturated rings. The number of amides is 1. The zero-order chi connectivity index (χ0) is 25.5. The molecule has 0 aromatic rings. The SMILES string of the molecule is CCCCCCCCCCCC(=O)N[C@@H](CCC(=O)O)C(=O)O.NCCCC[C@H](N)C(=O)O. The molecule has 0 spiro atoms. The van der Waals surface area contributed by atoms with Gasteiger partial charge in [0.15, 0.2) is 0 Å². The second-order valence-corrected chi connectivity index (χ2v) is 8.20. The molecule has 8 N–H and O–H groups in total. The van der Waals surface area contributed by atoms with E-state index in [1.54, 1.807) is 0 Å². The van der Waals surface area contributed by atoms with E-state index in [2.05, 4.69) is 12.2 Å². The van der Waals surface area contributed by atoms with Crippen LogP contribution in [0.4, 0.5) is 0 Å². The maximum atomic E-state index is 11.7. The van der Waals surface area contributed by atoms with Crippen molar-refractivity contribution < 1.29 is 34.5 Å². The molecular weight excluding hydrogens is 430 g/mol. The Kier molecular flexibility index (Phi) is 23.0. The highest BCUT2D eigenvalue weighted by atomic mass is 16.4. The van der Waals surface area contributed by atoms with Gasteiger partial charge in [0, 0.05) is 12.8 Å². The van der Waals surface area contributed by atoms with Gasteiger partial charge in [-0.25, -0.2) is 4.79 Å². The summed E-state index contributed by atoms with van der Waals surface area (Å²) in [6.07, 6.45) is 12.5. The van der Waals surface area contributed by atoms with Gasteiger partial charge in [0.1, 0.15) is 12.1 Å². The van der Waals surface area contributed by atoms with Crippen LogP contribution >= 0.6 is 0 Å². The zero-order valence-electron chi connectivity index (χ0n) is 20.1. The molecule has 0 aromatic carbocycles. The molecule has 1 amide bonds. The summed E-state index contributed by atoms with van der Waals surface area (Å²) in [6.45, 7) is 2.80. The molecule has 10 nitrogen and oxygen atoms in total. The summed E-state index contributed by atoms with van der Waals surface area (Å²) in [5.41, 5.74) is 10.4. The standard InChI is InChI=1S/C17H31NO5.C6H14N2O2/c1-2-3-4-5-6-7-8-9-10-11-15(19)18-14(17(22)23)12-13-16(20)21;7-4-2-1-3-5(8)6(9)10/h14H,2-13H2,1H3,(H,18,19)(H,20,21)(H,22,23);5H,1-4,7-8H2,(H,9,10)/t14-;5-/m00/s1. The minimum atomic E-state index is -1.19. The first kappa shape index (κ1) is 33.0. The van der Waals surface area contributed by atoms with Crippen molar-refractivity contribution in [2.45, 2.75) is 115 Å². The first-order valence-corrected chi connectivity index (χ1v) is 12.1. The molecule has 33 heavy (non-hydrogen) atoms. The van der Waals surface area contributed by atoms with Crippen LogP contribution < -0.4 is 16.8 Å². The Balaban J connectivity index is 0. The first-order chi connectivity index (χ1) is 15.6. The minimum Gasteiger partial charge on any atom is -0.481 e. The number of unbranched alkanes of at least 4 members (excludes halogenated alkanes) is 9. The Bertz CT molecular complexity index is 544. The number of rotatable bonds is 20. The molecule has 0 bridgehead atoms. The van der Waals surface area contributed by atoms with E-state index in [9.17, 15) is 19.2 Å². The van der Waals surface area contributed by atoms with Crippen molar-refractivity contribution in [2.75, 3.05) is 6.54 Å². The number of carbonyl (C=O) groups excluding carboxylic acids is 1. The average Bonchev–Trinajstić information content (AvgIpc) is 2.75. The van der Waals surface area contributed by atoms with Crippen molar-refractivity contribution in [2.24, 2.45) is 11.5 Å². The van der Waals surface area contributed by atoms with Crippen LogP contribution in [0.25, 0.3) is 0 Å². The fourth-order valence-electron chi connectivity index (χ4n) is 3.02. The molecule has 0 heterocycles. The topological polar surface area (TPSA) is 193 Å². The van der Waals surface area contributed by atoms with E-state index in [0.29, 0.717) is 19.4 Å². The van der Waals surface area contributed by atoms with E-state index in [0.717, 1.165) is 32.1 Å². The third kappa shape index (κ3) is 24.3. The van der Waals surface area contributed by atoms with Crippen LogP contribution in [0.1, 0.15) is 103 Å². The number of carboxylic acids is 3. The Morgan fingerprint density at radius 2 is 1.27 bits per heavy atom. The lowest BCUT2D eigenvalue weighted by Gasteiger charge is -2.13. The van der Waals surface area contributed by atoms with Crippen LogP contribution in [-0.2, 0) is 19.2 Å². The highest BCUT2D eigenvalue weighted by molar-refractivity contribution is 5.83. The minimum absolute atomic E-state index is 0.0891. The number of nitrogens with one attached hydrogen (secondary N) is 1. The summed E-state index contributed by atoms with van der Waals surface area (Å²) in [4.78, 5) is 43.2. The van der Waals surface area contributed by atoms with E-state index in [1.807, 2.05) is 0 Å². The summed E-state index contributed by atoms with van der Waals surface area (Å²) < 4.78 is 0. The van der Waals surface area contributed by atoms with E-state index in [4.69, 9.17) is 26.8 Å². The fourth-order valence-corrected chi connectivity index (χ4v) is 3.02. The maximum absolute atomic E-state index is 11.7. The smallest absolute Gasteiger partial charge is 0.326 e. The highest BCUT2D eigenvalue weighted by Crippen LogP contribution is 2.10. The first-order valence-electron chi connectivity index (χ1n) is 12.1. The summed E-state index contributed by atoms with van der Waals surface area (Å²) in [6, 6.07) is -1.83. The molecule has 0 radical (unpaired) electrons. The number of carboxylic acid groups (broad SMARTS) is 3. The monoisotopic (exact) mass is 475 g/mol. The lowest BCUT2D eigenvalue weighted by molar-refractivity contribution is -0.143. The molecule has 194 valence electrons. The highest BCUT2D eigenvalue weighted by Gasteiger charge is 2.20. The lowest BCUT2D eigenvalue weighted by Crippen LogP contribution is -2.41. The molecule has 0 aliphatic carbocycles. The molecule has 10 heteroatoms. The van der Waals surface area contributed by atoms with Crippen molar-refractivity contribution in [3.8, 4) is 0 Å². The second-order valence-electron chi connectivity index (χ2n) is 8.20. The molecule has 0 aliphatic heterocycles. The van der Waals surface area contributed by atoms with Crippen molar-refractivity contribution >= 4 is 23.8 Å². The van der Waals surface area contributed by atoms with E-state index >= 15 is 0 Å². The Morgan fingerprint density at radius 3 is 1.73 bits per heavy atom. The third-order valence-electron chi connectivity index (χ3n) is 5.07. The van der Waals surface area contributed by atoms with Gasteiger partial charge in [0.05, 0.1) is 0 Å². The predicted molar refractivity (Wildman–Crippen MR) is 127 cm³/mol. The average molecular weight is 476 g/mol. The van der Waals surface area contributed by atoms with Crippen LogP contribution in [0, 0.1) is 0 Å².